The Hall–Kier alpha value is -0.980. The first-order chi connectivity index (χ1) is 10.1. The van der Waals surface area contributed by atoms with Gasteiger partial charge in [-0.3, -0.25) is 4.79 Å². The molecule has 21 heavy (non-hydrogen) atoms. The molecule has 0 radical (unpaired) electrons. The molecule has 0 spiro atoms. The third-order valence-electron chi connectivity index (χ3n) is 3.72. The lowest BCUT2D eigenvalue weighted by Gasteiger charge is -2.32. The number of carbonyl (C=O) groups excluding carboxylic acids is 1. The average molecular weight is 358 g/mol. The van der Waals surface area contributed by atoms with Crippen molar-refractivity contribution in [1.29, 1.82) is 0 Å². The zero-order valence-corrected chi connectivity index (χ0v) is 13.8. The molecule has 4 nitrogen and oxygen atoms in total. The van der Waals surface area contributed by atoms with Crippen LogP contribution in [0.2, 0.25) is 0 Å². The predicted molar refractivity (Wildman–Crippen MR) is 85.0 cm³/mol. The standard InChI is InChI=1S/C15H21BrFN3O/c1-19-8-10-20(11-9-19)7-3-6-18-15(21)14-12(16)4-2-5-13(14)17/h2,4-5H,3,6-11H2,1H3,(H,18,21). The van der Waals surface area contributed by atoms with Crippen LogP contribution in [0.4, 0.5) is 4.39 Å². The van der Waals surface area contributed by atoms with Crippen LogP contribution in [0, 0.1) is 5.82 Å². The van der Waals surface area contributed by atoms with E-state index in [1.807, 2.05) is 0 Å². The van der Waals surface area contributed by atoms with Crippen molar-refractivity contribution in [3.63, 3.8) is 0 Å². The molecular formula is C15H21BrFN3O. The van der Waals surface area contributed by atoms with Gasteiger partial charge in [-0.1, -0.05) is 6.07 Å². The van der Waals surface area contributed by atoms with Crippen molar-refractivity contribution in [2.45, 2.75) is 6.42 Å². The van der Waals surface area contributed by atoms with Gasteiger partial charge in [-0.25, -0.2) is 4.39 Å². The van der Waals surface area contributed by atoms with E-state index in [0.717, 1.165) is 39.1 Å². The molecule has 0 aromatic heterocycles. The topological polar surface area (TPSA) is 35.6 Å². The number of nitrogens with zero attached hydrogens (tertiary/aromatic N) is 2. The van der Waals surface area contributed by atoms with Crippen molar-refractivity contribution in [1.82, 2.24) is 15.1 Å². The normalized spacial score (nSPS) is 16.9. The Labute approximate surface area is 133 Å². The summed E-state index contributed by atoms with van der Waals surface area (Å²) in [6.07, 6.45) is 0.877. The van der Waals surface area contributed by atoms with E-state index in [0.29, 0.717) is 11.0 Å². The first kappa shape index (κ1) is 16.4. The van der Waals surface area contributed by atoms with Crippen molar-refractivity contribution >= 4 is 21.8 Å². The molecule has 1 aromatic carbocycles. The lowest BCUT2D eigenvalue weighted by atomic mass is 10.2. The number of carbonyl (C=O) groups is 1. The summed E-state index contributed by atoms with van der Waals surface area (Å²) in [6, 6.07) is 4.54. The van der Waals surface area contributed by atoms with E-state index >= 15 is 0 Å². The van der Waals surface area contributed by atoms with E-state index in [2.05, 4.69) is 38.1 Å². The minimum atomic E-state index is -0.499. The number of halogens is 2. The highest BCUT2D eigenvalue weighted by atomic mass is 79.9. The second-order valence-electron chi connectivity index (χ2n) is 5.35. The van der Waals surface area contributed by atoms with Crippen molar-refractivity contribution in [3.8, 4) is 0 Å². The Kier molecular flexibility index (Phi) is 6.14. The summed E-state index contributed by atoms with van der Waals surface area (Å²) in [7, 11) is 2.13. The second-order valence-corrected chi connectivity index (χ2v) is 6.21. The van der Waals surface area contributed by atoms with Crippen LogP contribution < -0.4 is 5.32 Å². The molecule has 1 amide bonds. The molecule has 1 saturated heterocycles. The first-order valence-corrected chi connectivity index (χ1v) is 8.00. The molecule has 0 saturated carbocycles. The van der Waals surface area contributed by atoms with Gasteiger partial charge < -0.3 is 15.1 Å². The van der Waals surface area contributed by atoms with Crippen LogP contribution in [-0.4, -0.2) is 62.0 Å². The number of rotatable bonds is 5. The van der Waals surface area contributed by atoms with Gasteiger partial charge in [0.15, 0.2) is 0 Å². The molecule has 1 N–H and O–H groups in total. The average Bonchev–Trinajstić information content (AvgIpc) is 2.45. The zero-order chi connectivity index (χ0) is 15.2. The summed E-state index contributed by atoms with van der Waals surface area (Å²) in [5.41, 5.74) is 0.0806. The number of hydrogen-bond donors (Lipinski definition) is 1. The molecule has 1 aliphatic heterocycles. The zero-order valence-electron chi connectivity index (χ0n) is 12.2. The Morgan fingerprint density at radius 1 is 1.33 bits per heavy atom. The molecule has 6 heteroatoms. The fraction of sp³-hybridized carbons (Fsp3) is 0.533. The molecule has 2 rings (SSSR count). The highest BCUT2D eigenvalue weighted by molar-refractivity contribution is 9.10. The molecule has 1 aromatic rings. The van der Waals surface area contributed by atoms with E-state index in [1.165, 1.54) is 6.07 Å². The van der Waals surface area contributed by atoms with Crippen molar-refractivity contribution in [2.24, 2.45) is 0 Å². The van der Waals surface area contributed by atoms with Gasteiger partial charge in [-0.05, 0) is 48.1 Å². The number of piperazine rings is 1. The van der Waals surface area contributed by atoms with Gasteiger partial charge in [0.1, 0.15) is 5.82 Å². The maximum atomic E-state index is 13.6. The van der Waals surface area contributed by atoms with E-state index in [-0.39, 0.29) is 11.5 Å². The molecule has 0 bridgehead atoms. The summed E-state index contributed by atoms with van der Waals surface area (Å²) >= 11 is 3.21. The van der Waals surface area contributed by atoms with Gasteiger partial charge in [-0.2, -0.15) is 0 Å². The molecule has 0 atom stereocenters. The van der Waals surface area contributed by atoms with Gasteiger partial charge in [-0.15, -0.1) is 0 Å². The Bertz CT molecular complexity index is 470. The van der Waals surface area contributed by atoms with E-state index in [4.69, 9.17) is 0 Å². The van der Waals surface area contributed by atoms with E-state index < -0.39 is 5.82 Å². The van der Waals surface area contributed by atoms with Gasteiger partial charge in [0.05, 0.1) is 5.56 Å². The van der Waals surface area contributed by atoms with Crippen LogP contribution in [0.3, 0.4) is 0 Å². The number of amides is 1. The van der Waals surface area contributed by atoms with Crippen LogP contribution in [0.5, 0.6) is 0 Å². The largest absolute Gasteiger partial charge is 0.352 e. The number of nitrogens with one attached hydrogen (secondary N) is 1. The Balaban J connectivity index is 1.72. The van der Waals surface area contributed by atoms with Crippen LogP contribution in [0.1, 0.15) is 16.8 Å². The van der Waals surface area contributed by atoms with Crippen molar-refractivity contribution < 1.29 is 9.18 Å². The number of hydrogen-bond acceptors (Lipinski definition) is 3. The fourth-order valence-electron chi connectivity index (χ4n) is 2.38. The summed E-state index contributed by atoms with van der Waals surface area (Å²) in [5.74, 6) is -0.862. The van der Waals surface area contributed by atoms with Gasteiger partial charge in [0.25, 0.3) is 5.91 Å². The lowest BCUT2D eigenvalue weighted by molar-refractivity contribution is 0.0944. The number of likely N-dealkylation sites (N-methyl/N-ethyl adjacent to an activating group) is 1. The third-order valence-corrected chi connectivity index (χ3v) is 4.38. The minimum absolute atomic E-state index is 0.0806. The van der Waals surface area contributed by atoms with Crippen LogP contribution >= 0.6 is 15.9 Å². The number of benzene rings is 1. The quantitative estimate of drug-likeness (QED) is 0.818. The summed E-state index contributed by atoms with van der Waals surface area (Å²) < 4.78 is 14.1. The molecule has 0 unspecified atom stereocenters. The van der Waals surface area contributed by atoms with Crippen molar-refractivity contribution in [2.75, 3.05) is 46.3 Å². The minimum Gasteiger partial charge on any atom is -0.352 e. The summed E-state index contributed by atoms with van der Waals surface area (Å²) in [6.45, 7) is 5.86. The highest BCUT2D eigenvalue weighted by Gasteiger charge is 2.16. The first-order valence-electron chi connectivity index (χ1n) is 7.21. The molecule has 116 valence electrons. The molecule has 1 aliphatic rings. The van der Waals surface area contributed by atoms with Crippen LogP contribution in [-0.2, 0) is 0 Å². The van der Waals surface area contributed by atoms with Crippen LogP contribution in [0.15, 0.2) is 22.7 Å². The Morgan fingerprint density at radius 3 is 2.71 bits per heavy atom. The van der Waals surface area contributed by atoms with Gasteiger partial charge in [0, 0.05) is 37.2 Å². The second kappa shape index (κ2) is 7.87. The molecule has 1 fully saturated rings. The van der Waals surface area contributed by atoms with Crippen molar-refractivity contribution in [3.05, 3.63) is 34.1 Å². The Morgan fingerprint density at radius 2 is 2.05 bits per heavy atom. The fourth-order valence-corrected chi connectivity index (χ4v) is 2.90. The SMILES string of the molecule is CN1CCN(CCCNC(=O)c2c(F)cccc2Br)CC1. The van der Waals surface area contributed by atoms with Gasteiger partial charge in [0.2, 0.25) is 0 Å². The molecule has 0 aliphatic carbocycles. The highest BCUT2D eigenvalue weighted by Crippen LogP contribution is 2.19. The summed E-state index contributed by atoms with van der Waals surface area (Å²) in [4.78, 5) is 16.7. The smallest absolute Gasteiger partial charge is 0.255 e. The predicted octanol–water partition coefficient (Wildman–Crippen LogP) is 1.96. The monoisotopic (exact) mass is 357 g/mol. The maximum absolute atomic E-state index is 13.6. The summed E-state index contributed by atoms with van der Waals surface area (Å²) in [5, 5.41) is 2.78. The maximum Gasteiger partial charge on any atom is 0.255 e. The third kappa shape index (κ3) is 4.76. The lowest BCUT2D eigenvalue weighted by Crippen LogP contribution is -2.45. The van der Waals surface area contributed by atoms with Gasteiger partial charge >= 0.3 is 0 Å². The molecular weight excluding hydrogens is 337 g/mol. The van der Waals surface area contributed by atoms with Crippen LogP contribution in [0.25, 0.3) is 0 Å². The van der Waals surface area contributed by atoms with E-state index in [9.17, 15) is 9.18 Å². The molecule has 1 heterocycles. The van der Waals surface area contributed by atoms with E-state index in [1.54, 1.807) is 12.1 Å².